The van der Waals surface area contributed by atoms with E-state index in [1.807, 2.05) is 0 Å². The molecule has 18 heavy (non-hydrogen) atoms. The van der Waals surface area contributed by atoms with Gasteiger partial charge in [-0.2, -0.15) is 0 Å². The lowest BCUT2D eigenvalue weighted by Crippen LogP contribution is -2.44. The van der Waals surface area contributed by atoms with Gasteiger partial charge in [-0.3, -0.25) is 4.79 Å². The highest BCUT2D eigenvalue weighted by Crippen LogP contribution is 2.27. The number of carbonyl (C=O) groups is 1. The molecule has 0 aromatic heterocycles. The normalized spacial score (nSPS) is 18.2. The summed E-state index contributed by atoms with van der Waals surface area (Å²) in [6.07, 6.45) is 2.20. The number of carbonyl (C=O) groups excluding carboxylic acids is 1. The van der Waals surface area contributed by atoms with Crippen LogP contribution in [0, 0.1) is 5.92 Å². The highest BCUT2D eigenvalue weighted by molar-refractivity contribution is 5.76. The summed E-state index contributed by atoms with van der Waals surface area (Å²) in [4.78, 5) is 11.6. The molecule has 0 saturated heterocycles. The van der Waals surface area contributed by atoms with Crippen molar-refractivity contribution in [3.8, 4) is 0 Å². The quantitative estimate of drug-likeness (QED) is 0.649. The van der Waals surface area contributed by atoms with Crippen molar-refractivity contribution in [2.45, 2.75) is 44.6 Å². The Kier molecular flexibility index (Phi) is 7.12. The molecule has 6 heteroatoms. The fraction of sp³-hybridized carbons (Fsp3) is 0.917. The molecule has 0 heterocycles. The summed E-state index contributed by atoms with van der Waals surface area (Å²) < 4.78 is 28.2. The van der Waals surface area contributed by atoms with Crippen LogP contribution in [0.2, 0.25) is 0 Å². The predicted octanol–water partition coefficient (Wildman–Crippen LogP) is 1.29. The van der Waals surface area contributed by atoms with Crippen LogP contribution in [-0.2, 0) is 9.53 Å². The largest absolute Gasteiger partial charge is 0.375 e. The van der Waals surface area contributed by atoms with E-state index in [1.54, 1.807) is 0 Å². The number of amides is 1. The average Bonchev–Trinajstić information content (AvgIpc) is 2.85. The standard InChI is InChI=1S/C12H22F2N2O2/c13-11(14)8-18-6-5-12(17)16-10(7-15)9-3-1-2-4-9/h9-11H,1-8,15H2,(H,16,17). The highest BCUT2D eigenvalue weighted by atomic mass is 19.3. The lowest BCUT2D eigenvalue weighted by Gasteiger charge is -2.23. The van der Waals surface area contributed by atoms with Crippen LogP contribution in [0.1, 0.15) is 32.1 Å². The van der Waals surface area contributed by atoms with Crippen molar-refractivity contribution in [2.75, 3.05) is 19.8 Å². The van der Waals surface area contributed by atoms with Crippen molar-refractivity contribution >= 4 is 5.91 Å². The van der Waals surface area contributed by atoms with Crippen molar-refractivity contribution in [3.63, 3.8) is 0 Å². The van der Waals surface area contributed by atoms with Crippen molar-refractivity contribution < 1.29 is 18.3 Å². The Bertz CT molecular complexity index is 246. The highest BCUT2D eigenvalue weighted by Gasteiger charge is 2.24. The van der Waals surface area contributed by atoms with Gasteiger partial charge in [-0.15, -0.1) is 0 Å². The van der Waals surface area contributed by atoms with Crippen molar-refractivity contribution in [3.05, 3.63) is 0 Å². The summed E-state index contributed by atoms with van der Waals surface area (Å²) in [7, 11) is 0. The molecule has 1 amide bonds. The summed E-state index contributed by atoms with van der Waals surface area (Å²) in [5.74, 6) is 0.285. The number of nitrogens with one attached hydrogen (secondary N) is 1. The van der Waals surface area contributed by atoms with Crippen LogP contribution in [-0.4, -0.2) is 38.1 Å². The van der Waals surface area contributed by atoms with E-state index in [1.165, 1.54) is 12.8 Å². The van der Waals surface area contributed by atoms with Gasteiger partial charge in [0.05, 0.1) is 6.61 Å². The Labute approximate surface area is 106 Å². The number of hydrogen-bond acceptors (Lipinski definition) is 3. The van der Waals surface area contributed by atoms with E-state index in [4.69, 9.17) is 5.73 Å². The zero-order valence-corrected chi connectivity index (χ0v) is 10.5. The molecule has 0 aliphatic heterocycles. The summed E-state index contributed by atoms with van der Waals surface area (Å²) >= 11 is 0. The topological polar surface area (TPSA) is 64.3 Å². The lowest BCUT2D eigenvalue weighted by atomic mass is 9.98. The number of halogens is 2. The maximum Gasteiger partial charge on any atom is 0.261 e. The van der Waals surface area contributed by atoms with E-state index in [-0.39, 0.29) is 25.0 Å². The molecule has 0 aromatic rings. The Morgan fingerprint density at radius 3 is 2.61 bits per heavy atom. The van der Waals surface area contributed by atoms with Gasteiger partial charge in [-0.05, 0) is 18.8 Å². The van der Waals surface area contributed by atoms with Crippen LogP contribution in [0.4, 0.5) is 8.78 Å². The molecule has 4 nitrogen and oxygen atoms in total. The summed E-state index contributed by atoms with van der Waals surface area (Å²) in [6.45, 7) is -0.164. The van der Waals surface area contributed by atoms with Crippen molar-refractivity contribution in [2.24, 2.45) is 11.7 Å². The minimum atomic E-state index is -2.48. The first kappa shape index (κ1) is 15.3. The van der Waals surface area contributed by atoms with Gasteiger partial charge in [0, 0.05) is 19.0 Å². The van der Waals surface area contributed by atoms with E-state index in [0.717, 1.165) is 12.8 Å². The Morgan fingerprint density at radius 2 is 2.06 bits per heavy atom. The average molecular weight is 264 g/mol. The molecule has 106 valence electrons. The third-order valence-corrected chi connectivity index (χ3v) is 3.29. The van der Waals surface area contributed by atoms with Crippen LogP contribution in [0.25, 0.3) is 0 Å². The smallest absolute Gasteiger partial charge is 0.261 e. The van der Waals surface area contributed by atoms with Crippen molar-refractivity contribution in [1.82, 2.24) is 5.32 Å². The van der Waals surface area contributed by atoms with E-state index >= 15 is 0 Å². The number of nitrogens with two attached hydrogens (primary N) is 1. The second-order valence-corrected chi connectivity index (χ2v) is 4.67. The fourth-order valence-corrected chi connectivity index (χ4v) is 2.35. The van der Waals surface area contributed by atoms with E-state index in [9.17, 15) is 13.6 Å². The van der Waals surface area contributed by atoms with Gasteiger partial charge in [0.2, 0.25) is 5.91 Å². The molecular formula is C12H22F2N2O2. The second-order valence-electron chi connectivity index (χ2n) is 4.67. The van der Waals surface area contributed by atoms with Gasteiger partial charge >= 0.3 is 0 Å². The van der Waals surface area contributed by atoms with Gasteiger partial charge in [-0.25, -0.2) is 8.78 Å². The fourth-order valence-electron chi connectivity index (χ4n) is 2.35. The van der Waals surface area contributed by atoms with Crippen LogP contribution in [0.5, 0.6) is 0 Å². The number of hydrogen-bond donors (Lipinski definition) is 2. The van der Waals surface area contributed by atoms with Crippen LogP contribution < -0.4 is 11.1 Å². The molecule has 1 aliphatic rings. The second kappa shape index (κ2) is 8.37. The van der Waals surface area contributed by atoms with Gasteiger partial charge < -0.3 is 15.8 Å². The molecule has 1 atom stereocenters. The first-order valence-corrected chi connectivity index (χ1v) is 6.48. The number of alkyl halides is 2. The zero-order valence-electron chi connectivity index (χ0n) is 10.5. The Hall–Kier alpha value is -0.750. The SMILES string of the molecule is NCC(NC(=O)CCOCC(F)F)C1CCCC1. The predicted molar refractivity (Wildman–Crippen MR) is 64.4 cm³/mol. The molecule has 0 bridgehead atoms. The minimum absolute atomic E-state index is 0.00935. The van der Waals surface area contributed by atoms with Crippen LogP contribution >= 0.6 is 0 Å². The first-order chi connectivity index (χ1) is 8.63. The summed E-state index contributed by atoms with van der Waals surface area (Å²) in [5, 5.41) is 2.87. The first-order valence-electron chi connectivity index (χ1n) is 6.48. The maximum atomic E-state index is 11.8. The number of ether oxygens (including phenoxy) is 1. The molecule has 1 rings (SSSR count). The van der Waals surface area contributed by atoms with Gasteiger partial charge in [0.25, 0.3) is 6.43 Å². The molecule has 3 N–H and O–H groups in total. The third kappa shape index (κ3) is 5.73. The Morgan fingerprint density at radius 1 is 1.39 bits per heavy atom. The summed E-state index contributed by atoms with van der Waals surface area (Å²) in [5.41, 5.74) is 5.65. The Balaban J connectivity index is 2.16. The van der Waals surface area contributed by atoms with E-state index in [2.05, 4.69) is 10.1 Å². The van der Waals surface area contributed by atoms with Gasteiger partial charge in [-0.1, -0.05) is 12.8 Å². The molecule has 1 saturated carbocycles. The minimum Gasteiger partial charge on any atom is -0.375 e. The van der Waals surface area contributed by atoms with E-state index in [0.29, 0.717) is 12.5 Å². The maximum absolute atomic E-state index is 11.8. The molecule has 0 aromatic carbocycles. The van der Waals surface area contributed by atoms with Crippen LogP contribution in [0.15, 0.2) is 0 Å². The molecule has 1 fully saturated rings. The zero-order chi connectivity index (χ0) is 13.4. The van der Waals surface area contributed by atoms with E-state index < -0.39 is 13.0 Å². The molecule has 0 radical (unpaired) electrons. The summed E-state index contributed by atoms with van der Waals surface area (Å²) in [6, 6.07) is 0.00935. The molecule has 0 spiro atoms. The number of rotatable bonds is 8. The molecule has 1 aliphatic carbocycles. The lowest BCUT2D eigenvalue weighted by molar-refractivity contribution is -0.123. The van der Waals surface area contributed by atoms with Gasteiger partial charge in [0.1, 0.15) is 6.61 Å². The third-order valence-electron chi connectivity index (χ3n) is 3.29. The van der Waals surface area contributed by atoms with Gasteiger partial charge in [0.15, 0.2) is 0 Å². The van der Waals surface area contributed by atoms with Crippen molar-refractivity contribution in [1.29, 1.82) is 0 Å². The monoisotopic (exact) mass is 264 g/mol. The molecular weight excluding hydrogens is 242 g/mol. The van der Waals surface area contributed by atoms with Crippen LogP contribution in [0.3, 0.4) is 0 Å². The molecule has 1 unspecified atom stereocenters.